The molecule has 1 amide bonds. The highest BCUT2D eigenvalue weighted by Crippen LogP contribution is 2.36. The Bertz CT molecular complexity index is 624. The Morgan fingerprint density at radius 3 is 3.11 bits per heavy atom. The molecule has 0 aliphatic heterocycles. The molecule has 0 aromatic carbocycles. The molecule has 1 saturated carbocycles. The summed E-state index contributed by atoms with van der Waals surface area (Å²) in [5.74, 6) is 0.00568. The quantitative estimate of drug-likeness (QED) is 0.549. The van der Waals surface area contributed by atoms with Gasteiger partial charge in [-0.05, 0) is 25.3 Å². The van der Waals surface area contributed by atoms with Crippen molar-refractivity contribution in [3.05, 3.63) is 18.6 Å². The minimum atomic E-state index is -0.312. The van der Waals surface area contributed by atoms with Crippen molar-refractivity contribution in [2.45, 2.75) is 25.3 Å². The van der Waals surface area contributed by atoms with Gasteiger partial charge in [-0.1, -0.05) is 0 Å². The number of nitrogen functional groups attached to an aromatic ring is 1. The number of hydrogen-bond acceptors (Lipinski definition) is 5. The predicted molar refractivity (Wildman–Crippen MR) is 68.2 cm³/mol. The van der Waals surface area contributed by atoms with Crippen molar-refractivity contribution in [1.29, 1.82) is 0 Å². The third-order valence-corrected chi connectivity index (χ3v) is 3.82. The van der Waals surface area contributed by atoms with Gasteiger partial charge >= 0.3 is 0 Å². The molecule has 0 saturated heterocycles. The van der Waals surface area contributed by atoms with Gasteiger partial charge in [0.15, 0.2) is 0 Å². The Balaban J connectivity index is 1.90. The maximum Gasteiger partial charge on any atom is 0.246 e. The van der Waals surface area contributed by atoms with Gasteiger partial charge in [0.05, 0.1) is 5.39 Å². The van der Waals surface area contributed by atoms with Crippen LogP contribution in [0.4, 0.5) is 5.82 Å². The highest BCUT2D eigenvalue weighted by molar-refractivity contribution is 5.86. The van der Waals surface area contributed by atoms with Gasteiger partial charge in [0.1, 0.15) is 17.8 Å². The second-order valence-electron chi connectivity index (χ2n) is 4.86. The Labute approximate surface area is 109 Å². The van der Waals surface area contributed by atoms with Gasteiger partial charge in [0, 0.05) is 18.2 Å². The van der Waals surface area contributed by atoms with Gasteiger partial charge in [-0.2, -0.15) is 0 Å². The molecule has 2 aromatic rings. The Morgan fingerprint density at radius 2 is 2.32 bits per heavy atom. The van der Waals surface area contributed by atoms with E-state index in [1.807, 2.05) is 16.8 Å². The summed E-state index contributed by atoms with van der Waals surface area (Å²) in [6, 6.07) is 2.10. The molecule has 7 heteroatoms. The van der Waals surface area contributed by atoms with Crippen LogP contribution in [0.5, 0.6) is 0 Å². The highest BCUT2D eigenvalue weighted by atomic mass is 16.5. The fraction of sp³-hybridized carbons (Fsp3) is 0.417. The minimum absolute atomic E-state index is 0.147. The zero-order chi connectivity index (χ0) is 13.4. The summed E-state index contributed by atoms with van der Waals surface area (Å²) in [6.45, 7) is 0. The van der Waals surface area contributed by atoms with Gasteiger partial charge in [0.25, 0.3) is 0 Å². The standard InChI is InChI=1S/C12H15N5O2/c13-10-9-3-4-17(11(9)15-6-14-10)8-2-1-7(5-8)12(18)16-19/h3-4,6-8,19H,1-2,5H2,(H,16,18)(H2,13,14,15)/t7-,8-/m1/s1. The zero-order valence-electron chi connectivity index (χ0n) is 10.3. The van der Waals surface area contributed by atoms with Crippen LogP contribution in [0.3, 0.4) is 0 Å². The molecule has 1 aliphatic rings. The van der Waals surface area contributed by atoms with Gasteiger partial charge < -0.3 is 10.3 Å². The van der Waals surface area contributed by atoms with Crippen LogP contribution in [0.15, 0.2) is 18.6 Å². The summed E-state index contributed by atoms with van der Waals surface area (Å²) >= 11 is 0. The highest BCUT2D eigenvalue weighted by Gasteiger charge is 2.31. The van der Waals surface area contributed by atoms with Crippen molar-refractivity contribution in [2.75, 3.05) is 5.73 Å². The number of carbonyl (C=O) groups is 1. The van der Waals surface area contributed by atoms with Crippen molar-refractivity contribution >= 4 is 22.8 Å². The first-order chi connectivity index (χ1) is 9.20. The topological polar surface area (TPSA) is 106 Å². The number of nitrogens with one attached hydrogen (secondary N) is 1. The van der Waals surface area contributed by atoms with E-state index in [0.29, 0.717) is 12.2 Å². The lowest BCUT2D eigenvalue weighted by Gasteiger charge is -2.13. The molecular formula is C12H15N5O2. The first-order valence-electron chi connectivity index (χ1n) is 6.21. The summed E-state index contributed by atoms with van der Waals surface area (Å²) in [7, 11) is 0. The smallest absolute Gasteiger partial charge is 0.246 e. The Kier molecular flexibility index (Phi) is 2.83. The second kappa shape index (κ2) is 4.51. The molecule has 4 N–H and O–H groups in total. The molecule has 0 spiro atoms. The minimum Gasteiger partial charge on any atom is -0.383 e. The molecule has 0 radical (unpaired) electrons. The molecule has 0 bridgehead atoms. The van der Waals surface area contributed by atoms with E-state index in [2.05, 4.69) is 9.97 Å². The number of rotatable bonds is 2. The first-order valence-corrected chi connectivity index (χ1v) is 6.21. The van der Waals surface area contributed by atoms with Crippen molar-refractivity contribution in [1.82, 2.24) is 20.0 Å². The van der Waals surface area contributed by atoms with E-state index in [4.69, 9.17) is 10.9 Å². The molecule has 7 nitrogen and oxygen atoms in total. The van der Waals surface area contributed by atoms with Crippen LogP contribution in [0.2, 0.25) is 0 Å². The fourth-order valence-corrected chi connectivity index (χ4v) is 2.82. The van der Waals surface area contributed by atoms with E-state index in [9.17, 15) is 4.79 Å². The average molecular weight is 261 g/mol. The van der Waals surface area contributed by atoms with Gasteiger partial charge in [-0.3, -0.25) is 10.0 Å². The second-order valence-corrected chi connectivity index (χ2v) is 4.86. The van der Waals surface area contributed by atoms with Crippen molar-refractivity contribution in [3.8, 4) is 0 Å². The van der Waals surface area contributed by atoms with E-state index in [0.717, 1.165) is 23.9 Å². The van der Waals surface area contributed by atoms with Crippen molar-refractivity contribution < 1.29 is 10.0 Å². The molecule has 19 heavy (non-hydrogen) atoms. The number of carbonyl (C=O) groups excluding carboxylic acids is 1. The van der Waals surface area contributed by atoms with Crippen molar-refractivity contribution in [3.63, 3.8) is 0 Å². The lowest BCUT2D eigenvalue weighted by Crippen LogP contribution is -2.26. The van der Waals surface area contributed by atoms with Crippen LogP contribution in [-0.2, 0) is 4.79 Å². The summed E-state index contributed by atoms with van der Waals surface area (Å²) in [4.78, 5) is 19.6. The zero-order valence-corrected chi connectivity index (χ0v) is 10.3. The normalized spacial score (nSPS) is 22.8. The third-order valence-electron chi connectivity index (χ3n) is 3.82. The maximum atomic E-state index is 11.4. The van der Waals surface area contributed by atoms with Crippen LogP contribution in [0.1, 0.15) is 25.3 Å². The van der Waals surface area contributed by atoms with Crippen LogP contribution in [0.25, 0.3) is 11.0 Å². The number of fused-ring (bicyclic) bond motifs is 1. The number of nitrogens with two attached hydrogens (primary N) is 1. The Morgan fingerprint density at radius 1 is 1.47 bits per heavy atom. The third kappa shape index (κ3) is 1.91. The summed E-state index contributed by atoms with van der Waals surface area (Å²) in [5, 5.41) is 9.51. The van der Waals surface area contributed by atoms with E-state index in [1.54, 1.807) is 5.48 Å². The molecule has 0 unspecified atom stereocenters. The number of anilines is 1. The number of aromatic nitrogens is 3. The summed E-state index contributed by atoms with van der Waals surface area (Å²) in [5.41, 5.74) is 8.32. The summed E-state index contributed by atoms with van der Waals surface area (Å²) in [6.07, 6.45) is 5.71. The van der Waals surface area contributed by atoms with Gasteiger partial charge in [-0.25, -0.2) is 15.4 Å². The monoisotopic (exact) mass is 261 g/mol. The van der Waals surface area contributed by atoms with E-state index in [1.165, 1.54) is 6.33 Å². The molecule has 2 atom stereocenters. The predicted octanol–water partition coefficient (Wildman–Crippen LogP) is 0.860. The van der Waals surface area contributed by atoms with Crippen LogP contribution in [-0.4, -0.2) is 25.6 Å². The summed E-state index contributed by atoms with van der Waals surface area (Å²) < 4.78 is 2.04. The average Bonchev–Trinajstić information content (AvgIpc) is 3.04. The molecule has 100 valence electrons. The van der Waals surface area contributed by atoms with Crippen LogP contribution in [0, 0.1) is 5.92 Å². The molecule has 1 aliphatic carbocycles. The molecular weight excluding hydrogens is 246 g/mol. The number of nitrogens with zero attached hydrogens (tertiary/aromatic N) is 3. The number of hydroxylamine groups is 1. The molecule has 3 rings (SSSR count). The molecule has 2 aromatic heterocycles. The first kappa shape index (κ1) is 11.9. The SMILES string of the molecule is Nc1ncnc2c1ccn2[C@@H]1CC[C@@H](C(=O)NO)C1. The largest absolute Gasteiger partial charge is 0.383 e. The number of amides is 1. The number of hydrogen-bond donors (Lipinski definition) is 3. The van der Waals surface area contributed by atoms with E-state index < -0.39 is 0 Å². The van der Waals surface area contributed by atoms with Gasteiger partial charge in [-0.15, -0.1) is 0 Å². The molecule has 1 fully saturated rings. The van der Waals surface area contributed by atoms with Gasteiger partial charge in [0.2, 0.25) is 5.91 Å². The maximum absolute atomic E-state index is 11.4. The van der Waals surface area contributed by atoms with Crippen LogP contribution >= 0.6 is 0 Å². The van der Waals surface area contributed by atoms with Crippen LogP contribution < -0.4 is 11.2 Å². The lowest BCUT2D eigenvalue weighted by molar-refractivity contribution is -0.133. The fourth-order valence-electron chi connectivity index (χ4n) is 2.82. The molecule has 2 heterocycles. The lowest BCUT2D eigenvalue weighted by atomic mass is 10.1. The van der Waals surface area contributed by atoms with Crippen molar-refractivity contribution in [2.24, 2.45) is 5.92 Å². The van der Waals surface area contributed by atoms with E-state index in [-0.39, 0.29) is 17.9 Å². The Hall–Kier alpha value is -2.15. The van der Waals surface area contributed by atoms with E-state index >= 15 is 0 Å².